The minimum Gasteiger partial charge on any atom is -0.368 e. The van der Waals surface area contributed by atoms with Gasteiger partial charge in [0.05, 0.1) is 0 Å². The molecular weight excluding hydrogens is 310 g/mol. The molecule has 0 aliphatic carbocycles. The van der Waals surface area contributed by atoms with Crippen molar-refractivity contribution in [1.82, 2.24) is 9.97 Å². The van der Waals surface area contributed by atoms with Crippen LogP contribution in [0, 0.1) is 13.8 Å². The van der Waals surface area contributed by atoms with Crippen molar-refractivity contribution in [2.45, 2.75) is 27.7 Å². The monoisotopic (exact) mass is 339 g/mol. The Balaban J connectivity index is 1.70. The zero-order valence-electron chi connectivity index (χ0n) is 15.9. The molecule has 1 aliphatic rings. The highest BCUT2D eigenvalue weighted by Crippen LogP contribution is 2.25. The maximum absolute atomic E-state index is 4.51. The van der Waals surface area contributed by atoms with Gasteiger partial charge in [-0.15, -0.1) is 0 Å². The van der Waals surface area contributed by atoms with Gasteiger partial charge in [0, 0.05) is 51.0 Å². The highest BCUT2D eigenvalue weighted by atomic mass is 15.3. The van der Waals surface area contributed by atoms with Crippen molar-refractivity contribution in [3.63, 3.8) is 0 Å². The molecule has 25 heavy (non-hydrogen) atoms. The van der Waals surface area contributed by atoms with Crippen LogP contribution >= 0.6 is 0 Å². The second-order valence-corrected chi connectivity index (χ2v) is 6.60. The number of aryl methyl sites for hydroxylation is 1. The van der Waals surface area contributed by atoms with E-state index in [2.05, 4.69) is 76.6 Å². The predicted octanol–water partition coefficient (Wildman–Crippen LogP) is 3.27. The van der Waals surface area contributed by atoms with Gasteiger partial charge >= 0.3 is 0 Å². The summed E-state index contributed by atoms with van der Waals surface area (Å²) < 4.78 is 0. The number of anilines is 3. The third-order valence-electron chi connectivity index (χ3n) is 5.25. The van der Waals surface area contributed by atoms with E-state index in [1.54, 1.807) is 6.33 Å². The smallest absolute Gasteiger partial charge is 0.134 e. The molecule has 0 atom stereocenters. The van der Waals surface area contributed by atoms with Crippen LogP contribution in [0.25, 0.3) is 0 Å². The van der Waals surface area contributed by atoms with E-state index in [9.17, 15) is 0 Å². The first-order valence-corrected chi connectivity index (χ1v) is 9.27. The SMILES string of the molecule is CCN(CC)c1cc(N2CCN(c3cccc(C)c3C)CC2)ncn1. The second-order valence-electron chi connectivity index (χ2n) is 6.60. The molecule has 1 aliphatic heterocycles. The lowest BCUT2D eigenvalue weighted by Gasteiger charge is -2.37. The molecule has 0 unspecified atom stereocenters. The van der Waals surface area contributed by atoms with E-state index in [0.717, 1.165) is 50.9 Å². The van der Waals surface area contributed by atoms with Crippen LogP contribution in [0.2, 0.25) is 0 Å². The van der Waals surface area contributed by atoms with Gasteiger partial charge in [-0.2, -0.15) is 0 Å². The average molecular weight is 339 g/mol. The molecule has 3 rings (SSSR count). The number of piperazine rings is 1. The van der Waals surface area contributed by atoms with Gasteiger partial charge in [0.2, 0.25) is 0 Å². The molecule has 0 amide bonds. The van der Waals surface area contributed by atoms with Crippen LogP contribution in [0.15, 0.2) is 30.6 Å². The summed E-state index contributed by atoms with van der Waals surface area (Å²) in [5.41, 5.74) is 4.12. The van der Waals surface area contributed by atoms with Crippen LogP contribution in [-0.2, 0) is 0 Å². The molecule has 0 radical (unpaired) electrons. The van der Waals surface area contributed by atoms with Crippen LogP contribution in [-0.4, -0.2) is 49.2 Å². The molecule has 0 spiro atoms. The Hall–Kier alpha value is -2.30. The Morgan fingerprint density at radius 2 is 1.64 bits per heavy atom. The van der Waals surface area contributed by atoms with Gasteiger partial charge < -0.3 is 14.7 Å². The molecular formula is C20H29N5. The summed E-state index contributed by atoms with van der Waals surface area (Å²) in [5, 5.41) is 0. The van der Waals surface area contributed by atoms with Crippen molar-refractivity contribution in [3.05, 3.63) is 41.7 Å². The van der Waals surface area contributed by atoms with E-state index < -0.39 is 0 Å². The summed E-state index contributed by atoms with van der Waals surface area (Å²) >= 11 is 0. The molecule has 1 fully saturated rings. The van der Waals surface area contributed by atoms with Gasteiger partial charge in [0.15, 0.2) is 0 Å². The molecule has 2 aromatic rings. The zero-order valence-corrected chi connectivity index (χ0v) is 15.9. The summed E-state index contributed by atoms with van der Waals surface area (Å²) in [7, 11) is 0. The normalized spacial score (nSPS) is 14.7. The lowest BCUT2D eigenvalue weighted by atomic mass is 10.1. The van der Waals surface area contributed by atoms with Crippen LogP contribution in [0.3, 0.4) is 0 Å². The third-order valence-corrected chi connectivity index (χ3v) is 5.25. The minimum absolute atomic E-state index is 0.966. The van der Waals surface area contributed by atoms with Crippen molar-refractivity contribution < 1.29 is 0 Å². The Kier molecular flexibility index (Phi) is 5.41. The largest absolute Gasteiger partial charge is 0.368 e. The second kappa shape index (κ2) is 7.72. The van der Waals surface area contributed by atoms with E-state index in [1.165, 1.54) is 16.8 Å². The molecule has 2 heterocycles. The summed E-state index contributed by atoms with van der Waals surface area (Å²) in [6, 6.07) is 8.71. The lowest BCUT2D eigenvalue weighted by molar-refractivity contribution is 0.645. The number of nitrogens with zero attached hydrogens (tertiary/aromatic N) is 5. The third kappa shape index (κ3) is 3.70. The van der Waals surface area contributed by atoms with Gasteiger partial charge in [-0.1, -0.05) is 12.1 Å². The molecule has 1 aromatic carbocycles. The maximum atomic E-state index is 4.51. The van der Waals surface area contributed by atoms with Gasteiger partial charge in [-0.05, 0) is 44.9 Å². The number of hydrogen-bond donors (Lipinski definition) is 0. The van der Waals surface area contributed by atoms with Crippen molar-refractivity contribution in [2.75, 3.05) is 54.0 Å². The highest BCUT2D eigenvalue weighted by molar-refractivity contribution is 5.58. The number of benzene rings is 1. The number of rotatable bonds is 5. The Labute approximate surface area is 151 Å². The van der Waals surface area contributed by atoms with Crippen molar-refractivity contribution in [3.8, 4) is 0 Å². The zero-order chi connectivity index (χ0) is 17.8. The number of hydrogen-bond acceptors (Lipinski definition) is 5. The summed E-state index contributed by atoms with van der Waals surface area (Å²) in [5.74, 6) is 2.06. The molecule has 0 N–H and O–H groups in total. The van der Waals surface area contributed by atoms with E-state index in [1.807, 2.05) is 0 Å². The molecule has 5 nitrogen and oxygen atoms in total. The van der Waals surface area contributed by atoms with Crippen LogP contribution in [0.5, 0.6) is 0 Å². The topological polar surface area (TPSA) is 35.5 Å². The van der Waals surface area contributed by atoms with E-state index in [0.29, 0.717) is 0 Å². The molecule has 134 valence electrons. The van der Waals surface area contributed by atoms with Gasteiger partial charge in [-0.3, -0.25) is 0 Å². The van der Waals surface area contributed by atoms with Crippen LogP contribution in [0.1, 0.15) is 25.0 Å². The lowest BCUT2D eigenvalue weighted by Crippen LogP contribution is -2.47. The van der Waals surface area contributed by atoms with Crippen molar-refractivity contribution >= 4 is 17.3 Å². The van der Waals surface area contributed by atoms with Gasteiger partial charge in [0.1, 0.15) is 18.0 Å². The Bertz CT molecular complexity index is 703. The van der Waals surface area contributed by atoms with E-state index >= 15 is 0 Å². The molecule has 0 saturated carbocycles. The first-order chi connectivity index (χ1) is 12.1. The number of aromatic nitrogens is 2. The van der Waals surface area contributed by atoms with Crippen LogP contribution < -0.4 is 14.7 Å². The molecule has 1 saturated heterocycles. The predicted molar refractivity (Wildman–Crippen MR) is 106 cm³/mol. The fraction of sp³-hybridized carbons (Fsp3) is 0.500. The van der Waals surface area contributed by atoms with Gasteiger partial charge in [-0.25, -0.2) is 9.97 Å². The summed E-state index contributed by atoms with van der Waals surface area (Å²) in [6.45, 7) is 14.7. The first kappa shape index (κ1) is 17.5. The molecule has 5 heteroatoms. The highest BCUT2D eigenvalue weighted by Gasteiger charge is 2.20. The average Bonchev–Trinajstić information content (AvgIpc) is 2.65. The quantitative estimate of drug-likeness (QED) is 0.835. The van der Waals surface area contributed by atoms with Crippen molar-refractivity contribution in [1.29, 1.82) is 0 Å². The summed E-state index contributed by atoms with van der Waals surface area (Å²) in [4.78, 5) is 16.1. The van der Waals surface area contributed by atoms with Gasteiger partial charge in [0.25, 0.3) is 0 Å². The minimum atomic E-state index is 0.966. The summed E-state index contributed by atoms with van der Waals surface area (Å²) in [6.07, 6.45) is 1.69. The molecule has 1 aromatic heterocycles. The fourth-order valence-electron chi connectivity index (χ4n) is 3.49. The van der Waals surface area contributed by atoms with Crippen molar-refractivity contribution in [2.24, 2.45) is 0 Å². The van der Waals surface area contributed by atoms with Crippen LogP contribution in [0.4, 0.5) is 17.3 Å². The van der Waals surface area contributed by atoms with E-state index in [-0.39, 0.29) is 0 Å². The Morgan fingerprint density at radius 3 is 2.32 bits per heavy atom. The Morgan fingerprint density at radius 1 is 0.960 bits per heavy atom. The van der Waals surface area contributed by atoms with E-state index in [4.69, 9.17) is 0 Å². The molecule has 0 bridgehead atoms. The fourth-order valence-corrected chi connectivity index (χ4v) is 3.49. The maximum Gasteiger partial charge on any atom is 0.134 e. The first-order valence-electron chi connectivity index (χ1n) is 9.27. The standard InChI is InChI=1S/C20H29N5/c1-5-23(6-2)19-14-20(22-15-21-19)25-12-10-24(11-13-25)18-9-7-8-16(3)17(18)4/h7-9,14-15H,5-6,10-13H2,1-4H3.